The summed E-state index contributed by atoms with van der Waals surface area (Å²) >= 11 is 1.85. The Kier molecular flexibility index (Phi) is 6.42. The highest BCUT2D eigenvalue weighted by molar-refractivity contribution is 7.25. The molecular weight excluding hydrogens is 617 g/mol. The first-order valence-electron chi connectivity index (χ1n) is 16.7. The molecule has 1 aromatic heterocycles. The van der Waals surface area contributed by atoms with Crippen LogP contribution in [0.1, 0.15) is 11.8 Å². The van der Waals surface area contributed by atoms with E-state index < -0.39 is 0 Å². The van der Waals surface area contributed by atoms with Crippen LogP contribution in [0.5, 0.6) is 5.75 Å². The van der Waals surface area contributed by atoms with Crippen molar-refractivity contribution in [2.24, 2.45) is 0 Å². The second kappa shape index (κ2) is 11.3. The zero-order valence-electron chi connectivity index (χ0n) is 26.5. The standard InChI is InChI=1S/C45H30N2OS/c1-3-9-29(10-4-1)30-17-21-34(22-18-30)47(36-24-26-42-39(28-36)37-13-7-8-14-41(37)49-42)35-23-19-31-15-16-32-20-25-40-44(43(32)38(31)27-35)48-45(46-40)33-11-5-2-6-12-33/h1-28,45-46H/p+1. The molecule has 1 atom stereocenters. The molecule has 49 heavy (non-hydrogen) atoms. The van der Waals surface area contributed by atoms with Gasteiger partial charge in [-0.1, -0.05) is 103 Å². The van der Waals surface area contributed by atoms with E-state index in [1.54, 1.807) is 0 Å². The third-order valence-corrected chi connectivity index (χ3v) is 10.9. The fraction of sp³-hybridized carbons (Fsp3) is 0.0222. The summed E-state index contributed by atoms with van der Waals surface area (Å²) in [5.41, 5.74) is 7.99. The number of rotatable bonds is 5. The molecule has 0 saturated heterocycles. The summed E-state index contributed by atoms with van der Waals surface area (Å²) in [4.78, 5) is 2.39. The van der Waals surface area contributed by atoms with Crippen molar-refractivity contribution in [3.63, 3.8) is 0 Å². The van der Waals surface area contributed by atoms with Crippen molar-refractivity contribution >= 4 is 75.8 Å². The number of aliphatic hydroxyl groups is 1. The Bertz CT molecular complexity index is 2670. The number of hydrogen-bond acceptors (Lipinski definition) is 3. The first-order chi connectivity index (χ1) is 24.3. The number of benzene rings is 8. The maximum Gasteiger partial charge on any atom is 0.289 e. The second-order valence-electron chi connectivity index (χ2n) is 12.6. The normalized spacial score (nSPS) is 13.8. The van der Waals surface area contributed by atoms with E-state index in [0.29, 0.717) is 0 Å². The van der Waals surface area contributed by atoms with Crippen molar-refractivity contribution in [1.82, 2.24) is 0 Å². The van der Waals surface area contributed by atoms with Crippen molar-refractivity contribution in [2.75, 3.05) is 10.2 Å². The molecule has 1 unspecified atom stereocenters. The van der Waals surface area contributed by atoms with Gasteiger partial charge in [0.15, 0.2) is 0 Å². The van der Waals surface area contributed by atoms with E-state index in [9.17, 15) is 0 Å². The van der Waals surface area contributed by atoms with Crippen LogP contribution in [-0.4, -0.2) is 4.74 Å². The number of nitrogens with one attached hydrogen (secondary N) is 1. The van der Waals surface area contributed by atoms with Gasteiger partial charge in [-0.2, -0.15) is 0 Å². The van der Waals surface area contributed by atoms with Gasteiger partial charge >= 0.3 is 0 Å². The van der Waals surface area contributed by atoms with Gasteiger partial charge in [0.1, 0.15) is 5.69 Å². The van der Waals surface area contributed by atoms with Gasteiger partial charge in [0.25, 0.3) is 12.0 Å². The highest BCUT2D eigenvalue weighted by atomic mass is 32.1. The van der Waals surface area contributed by atoms with Crippen molar-refractivity contribution in [2.45, 2.75) is 6.23 Å². The van der Waals surface area contributed by atoms with Crippen LogP contribution in [0.2, 0.25) is 0 Å². The van der Waals surface area contributed by atoms with Gasteiger partial charge in [0, 0.05) is 42.6 Å². The Labute approximate surface area is 288 Å². The molecule has 1 aliphatic rings. The van der Waals surface area contributed by atoms with Crippen LogP contribution < -0.4 is 10.2 Å². The molecule has 0 spiro atoms. The maximum absolute atomic E-state index is 5.26. The van der Waals surface area contributed by atoms with Gasteiger partial charge in [0.2, 0.25) is 0 Å². The Morgan fingerprint density at radius 2 is 1.10 bits per heavy atom. The first kappa shape index (κ1) is 28.0. The van der Waals surface area contributed by atoms with Crippen LogP contribution in [0, 0.1) is 0 Å². The topological polar surface area (TPSA) is 28.1 Å². The van der Waals surface area contributed by atoms with Gasteiger partial charge in [-0.05, 0) is 88.6 Å². The Morgan fingerprint density at radius 1 is 0.490 bits per heavy atom. The summed E-state index contributed by atoms with van der Waals surface area (Å²) in [5, 5.41) is 11.0. The summed E-state index contributed by atoms with van der Waals surface area (Å²) < 4.78 is 7.87. The molecule has 0 saturated carbocycles. The van der Waals surface area contributed by atoms with E-state index >= 15 is 0 Å². The smallest absolute Gasteiger partial charge is 0.289 e. The monoisotopic (exact) mass is 647 g/mol. The van der Waals surface area contributed by atoms with Crippen LogP contribution in [0.4, 0.5) is 22.7 Å². The van der Waals surface area contributed by atoms with Gasteiger partial charge in [-0.25, -0.2) is 0 Å². The summed E-state index contributed by atoms with van der Waals surface area (Å²) in [7, 11) is 0. The summed E-state index contributed by atoms with van der Waals surface area (Å²) in [5.74, 6) is 1.03. The number of thiophene rings is 1. The van der Waals surface area contributed by atoms with Crippen molar-refractivity contribution in [3.05, 3.63) is 175 Å². The molecule has 8 aromatic carbocycles. The number of ether oxygens (including phenoxy) is 1. The number of anilines is 4. The van der Waals surface area contributed by atoms with E-state index in [4.69, 9.17) is 4.74 Å². The minimum absolute atomic E-state index is 0.105. The molecule has 10 rings (SSSR count). The molecule has 9 aromatic rings. The van der Waals surface area contributed by atoms with E-state index in [1.807, 2.05) is 11.3 Å². The maximum atomic E-state index is 5.26. The fourth-order valence-corrected chi connectivity index (χ4v) is 8.43. The second-order valence-corrected chi connectivity index (χ2v) is 13.7. The van der Waals surface area contributed by atoms with Crippen molar-refractivity contribution in [1.29, 1.82) is 0 Å². The molecule has 4 heteroatoms. The lowest BCUT2D eigenvalue weighted by Gasteiger charge is -2.26. The minimum Gasteiger partial charge on any atom is -0.560 e. The molecule has 1 aliphatic heterocycles. The van der Waals surface area contributed by atoms with Gasteiger partial charge in [-0.15, -0.1) is 11.3 Å². The van der Waals surface area contributed by atoms with E-state index in [2.05, 4.69) is 180 Å². The fourth-order valence-electron chi connectivity index (χ4n) is 7.34. The predicted molar refractivity (Wildman–Crippen MR) is 209 cm³/mol. The Balaban J connectivity index is 1.16. The molecule has 0 amide bonds. The quantitative estimate of drug-likeness (QED) is 0.114. The van der Waals surface area contributed by atoms with E-state index in [1.165, 1.54) is 52.8 Å². The number of hydrogen-bond donors (Lipinski definition) is 1. The van der Waals surface area contributed by atoms with Gasteiger partial charge in [-0.3, -0.25) is 5.32 Å². The zero-order chi connectivity index (χ0) is 32.3. The molecule has 0 bridgehead atoms. The zero-order valence-corrected chi connectivity index (χ0v) is 27.4. The first-order valence-corrected chi connectivity index (χ1v) is 17.5. The number of nitrogens with zero attached hydrogens (tertiary/aromatic N) is 1. The molecule has 2 N–H and O–H groups in total. The van der Waals surface area contributed by atoms with E-state index in [0.717, 1.165) is 34.1 Å². The summed E-state index contributed by atoms with van der Waals surface area (Å²) in [6, 6.07) is 61.3. The average Bonchev–Trinajstić information content (AvgIpc) is 3.78. The van der Waals surface area contributed by atoms with Gasteiger partial charge in [0.05, 0.1) is 10.9 Å². The number of aromatic hydroxyl groups is 1. The minimum atomic E-state index is -0.105. The molecule has 0 fully saturated rings. The molecule has 232 valence electrons. The largest absolute Gasteiger partial charge is 0.560 e. The highest BCUT2D eigenvalue weighted by Crippen LogP contribution is 2.48. The third-order valence-electron chi connectivity index (χ3n) is 9.73. The van der Waals surface area contributed by atoms with Crippen LogP contribution in [0.15, 0.2) is 170 Å². The predicted octanol–water partition coefficient (Wildman–Crippen LogP) is 12.9. The lowest BCUT2D eigenvalue weighted by Crippen LogP contribution is -2.09. The van der Waals surface area contributed by atoms with Crippen molar-refractivity contribution in [3.8, 4) is 16.9 Å². The van der Waals surface area contributed by atoms with Crippen molar-refractivity contribution < 1.29 is 4.74 Å². The Hall–Kier alpha value is -6.10. The molecule has 2 heterocycles. The summed E-state index contributed by atoms with van der Waals surface area (Å²) in [6.45, 7) is 0. The lowest BCUT2D eigenvalue weighted by molar-refractivity contribution is 0.0234. The molecule has 0 aliphatic carbocycles. The average molecular weight is 648 g/mol. The van der Waals surface area contributed by atoms with Crippen LogP contribution in [0.25, 0.3) is 52.8 Å². The molecule has 3 nitrogen and oxygen atoms in total. The summed E-state index contributed by atoms with van der Waals surface area (Å²) in [6.07, 6.45) is -0.105. The molecule has 0 radical (unpaired) electrons. The highest BCUT2D eigenvalue weighted by Gasteiger charge is 2.31. The van der Waals surface area contributed by atoms with Crippen LogP contribution in [0.3, 0.4) is 0 Å². The number of fused-ring (bicyclic) bond motifs is 8. The third kappa shape index (κ3) is 4.72. The Morgan fingerprint density at radius 3 is 1.94 bits per heavy atom. The molecular formula is C45H31N2OS+. The lowest BCUT2D eigenvalue weighted by atomic mass is 9.99. The van der Waals surface area contributed by atoms with Gasteiger partial charge < -0.3 is 9.64 Å². The van der Waals surface area contributed by atoms with E-state index in [-0.39, 0.29) is 6.23 Å². The van der Waals surface area contributed by atoms with Crippen LogP contribution in [-0.2, 0) is 0 Å². The SMILES string of the molecule is c1ccc(-c2ccc(N(c3ccc4sc5ccccc5c4c3)c3ccc4ccc5ccc6c(c5c4c3)[OH+]C(c3ccccc3)N6)cc2)cc1. The van der Waals surface area contributed by atoms with Crippen LogP contribution >= 0.6 is 11.3 Å².